The van der Waals surface area contributed by atoms with Gasteiger partial charge in [-0.3, -0.25) is 4.79 Å². The van der Waals surface area contributed by atoms with Crippen LogP contribution in [0.2, 0.25) is 0 Å². The number of carbonyl (C=O) groups excluding carboxylic acids is 1. The largest absolute Gasteiger partial charge is 0.360 e. The van der Waals surface area contributed by atoms with E-state index in [2.05, 4.69) is 41.6 Å². The second-order valence-corrected chi connectivity index (χ2v) is 7.17. The highest BCUT2D eigenvalue weighted by Crippen LogP contribution is 2.25. The second kappa shape index (κ2) is 9.99. The first-order valence-electron chi connectivity index (χ1n) is 7.08. The summed E-state index contributed by atoms with van der Waals surface area (Å²) in [5, 5.41) is 15.1. The average Bonchev–Trinajstić information content (AvgIpc) is 2.84. The Kier molecular flexibility index (Phi) is 8.60. The van der Waals surface area contributed by atoms with Gasteiger partial charge in [0.25, 0.3) is 0 Å². The molecule has 0 unspecified atom stereocenters. The molecule has 114 valence electrons. The lowest BCUT2D eigenvalue weighted by Gasteiger charge is -2.05. The number of amides is 1. The van der Waals surface area contributed by atoms with Gasteiger partial charge in [-0.1, -0.05) is 50.3 Å². The molecule has 0 radical (unpaired) electrons. The number of unbranched alkanes of at least 4 members (excludes halogenated alkanes) is 1. The molecule has 5 nitrogen and oxygen atoms in total. The Labute approximate surface area is 129 Å². The van der Waals surface area contributed by atoms with E-state index in [1.165, 1.54) is 23.1 Å². The third kappa shape index (κ3) is 7.69. The molecule has 1 aromatic rings. The van der Waals surface area contributed by atoms with Crippen LogP contribution in [0.15, 0.2) is 4.34 Å². The van der Waals surface area contributed by atoms with Crippen molar-refractivity contribution in [2.45, 2.75) is 44.4 Å². The normalized spacial score (nSPS) is 10.8. The molecule has 7 heteroatoms. The summed E-state index contributed by atoms with van der Waals surface area (Å²) in [5.41, 5.74) is 0. The van der Waals surface area contributed by atoms with Crippen LogP contribution in [-0.2, 0) is 4.79 Å². The molecular formula is C13H24N4OS2. The maximum Gasteiger partial charge on any atom is 0.230 e. The summed E-state index contributed by atoms with van der Waals surface area (Å²) in [5.74, 6) is 1.08. The summed E-state index contributed by atoms with van der Waals surface area (Å²) in [6.45, 7) is 8.12. The molecule has 0 aliphatic rings. The van der Waals surface area contributed by atoms with Gasteiger partial charge in [0.15, 0.2) is 4.34 Å². The lowest BCUT2D eigenvalue weighted by molar-refractivity contribution is -0.118. The lowest BCUT2D eigenvalue weighted by atomic mass is 10.1. The zero-order valence-corrected chi connectivity index (χ0v) is 14.1. The van der Waals surface area contributed by atoms with Crippen LogP contribution in [0.25, 0.3) is 0 Å². The molecule has 0 fully saturated rings. The zero-order chi connectivity index (χ0) is 14.8. The first kappa shape index (κ1) is 17.2. The number of rotatable bonds is 10. The van der Waals surface area contributed by atoms with Crippen LogP contribution < -0.4 is 10.6 Å². The van der Waals surface area contributed by atoms with Crippen molar-refractivity contribution in [3.8, 4) is 0 Å². The predicted octanol–water partition coefficient (Wildman–Crippen LogP) is 3.00. The summed E-state index contributed by atoms with van der Waals surface area (Å²) in [6, 6.07) is 0. The number of carbonyl (C=O) groups is 1. The molecule has 1 amide bonds. The number of nitrogens with one attached hydrogen (secondary N) is 2. The number of thioether (sulfide) groups is 1. The fourth-order valence-electron chi connectivity index (χ4n) is 1.39. The summed E-state index contributed by atoms with van der Waals surface area (Å²) in [7, 11) is 0. The van der Waals surface area contributed by atoms with Crippen molar-refractivity contribution < 1.29 is 4.79 Å². The Hall–Kier alpha value is -0.820. The highest BCUT2D eigenvalue weighted by molar-refractivity contribution is 8.01. The van der Waals surface area contributed by atoms with Crippen molar-refractivity contribution in [2.75, 3.05) is 24.2 Å². The van der Waals surface area contributed by atoms with Gasteiger partial charge in [0, 0.05) is 13.1 Å². The monoisotopic (exact) mass is 316 g/mol. The van der Waals surface area contributed by atoms with E-state index in [1.54, 1.807) is 0 Å². The molecule has 0 bridgehead atoms. The van der Waals surface area contributed by atoms with Gasteiger partial charge in [0.2, 0.25) is 11.0 Å². The van der Waals surface area contributed by atoms with Gasteiger partial charge < -0.3 is 10.6 Å². The number of anilines is 1. The predicted molar refractivity (Wildman–Crippen MR) is 86.5 cm³/mol. The Morgan fingerprint density at radius 2 is 2.15 bits per heavy atom. The molecule has 0 aromatic carbocycles. The van der Waals surface area contributed by atoms with E-state index in [0.717, 1.165) is 41.8 Å². The molecule has 0 saturated heterocycles. The second-order valence-electron chi connectivity index (χ2n) is 4.97. The van der Waals surface area contributed by atoms with E-state index in [9.17, 15) is 4.79 Å². The Morgan fingerprint density at radius 1 is 1.35 bits per heavy atom. The van der Waals surface area contributed by atoms with E-state index in [-0.39, 0.29) is 5.91 Å². The molecule has 1 heterocycles. The van der Waals surface area contributed by atoms with Crippen LogP contribution in [0.1, 0.15) is 40.0 Å². The van der Waals surface area contributed by atoms with Crippen molar-refractivity contribution in [2.24, 2.45) is 5.92 Å². The van der Waals surface area contributed by atoms with Crippen molar-refractivity contribution in [3.05, 3.63) is 0 Å². The van der Waals surface area contributed by atoms with E-state index >= 15 is 0 Å². The van der Waals surface area contributed by atoms with Crippen LogP contribution in [0.3, 0.4) is 0 Å². The van der Waals surface area contributed by atoms with Gasteiger partial charge in [0.05, 0.1) is 5.75 Å². The highest BCUT2D eigenvalue weighted by atomic mass is 32.2. The summed E-state index contributed by atoms with van der Waals surface area (Å²) < 4.78 is 0.836. The van der Waals surface area contributed by atoms with Gasteiger partial charge in [-0.05, 0) is 18.8 Å². The Bertz CT molecular complexity index is 395. The first-order valence-corrected chi connectivity index (χ1v) is 8.89. The van der Waals surface area contributed by atoms with E-state index < -0.39 is 0 Å². The van der Waals surface area contributed by atoms with Crippen LogP contribution in [0, 0.1) is 5.92 Å². The topological polar surface area (TPSA) is 66.9 Å². The van der Waals surface area contributed by atoms with Gasteiger partial charge in [-0.2, -0.15) is 0 Å². The molecule has 0 atom stereocenters. The van der Waals surface area contributed by atoms with E-state index in [0.29, 0.717) is 11.7 Å². The smallest absolute Gasteiger partial charge is 0.230 e. The van der Waals surface area contributed by atoms with Crippen LogP contribution in [-0.4, -0.2) is 34.9 Å². The summed E-state index contributed by atoms with van der Waals surface area (Å²) in [6.07, 6.45) is 3.30. The van der Waals surface area contributed by atoms with Gasteiger partial charge in [0.1, 0.15) is 0 Å². The van der Waals surface area contributed by atoms with E-state index in [1.807, 2.05) is 0 Å². The number of nitrogens with zero attached hydrogens (tertiary/aromatic N) is 2. The lowest BCUT2D eigenvalue weighted by Crippen LogP contribution is -2.26. The van der Waals surface area contributed by atoms with Gasteiger partial charge >= 0.3 is 0 Å². The van der Waals surface area contributed by atoms with Crippen molar-refractivity contribution in [1.29, 1.82) is 0 Å². The minimum Gasteiger partial charge on any atom is -0.360 e. The highest BCUT2D eigenvalue weighted by Gasteiger charge is 2.07. The fourth-order valence-corrected chi connectivity index (χ4v) is 3.00. The SMILES string of the molecule is CCCCNc1nnc(SCC(=O)NCCC(C)C)s1. The maximum absolute atomic E-state index is 11.6. The number of hydrogen-bond acceptors (Lipinski definition) is 6. The standard InChI is InChI=1S/C13H24N4OS2/c1-4-5-7-15-12-16-17-13(20-12)19-9-11(18)14-8-6-10(2)3/h10H,4-9H2,1-3H3,(H,14,18)(H,15,16). The minimum atomic E-state index is 0.0614. The van der Waals surface area contributed by atoms with Crippen molar-refractivity contribution in [3.63, 3.8) is 0 Å². The first-order chi connectivity index (χ1) is 9.61. The molecule has 20 heavy (non-hydrogen) atoms. The third-order valence-electron chi connectivity index (χ3n) is 2.58. The Morgan fingerprint density at radius 3 is 2.85 bits per heavy atom. The molecule has 0 aliphatic heterocycles. The minimum absolute atomic E-state index is 0.0614. The summed E-state index contributed by atoms with van der Waals surface area (Å²) >= 11 is 2.94. The maximum atomic E-state index is 11.6. The Balaban J connectivity index is 2.19. The molecule has 1 aromatic heterocycles. The third-order valence-corrected chi connectivity index (χ3v) is 4.60. The van der Waals surface area contributed by atoms with Gasteiger partial charge in [-0.15, -0.1) is 10.2 Å². The molecule has 0 spiro atoms. The summed E-state index contributed by atoms with van der Waals surface area (Å²) in [4.78, 5) is 11.6. The van der Waals surface area contributed by atoms with Crippen molar-refractivity contribution in [1.82, 2.24) is 15.5 Å². The van der Waals surface area contributed by atoms with E-state index in [4.69, 9.17) is 0 Å². The molecule has 1 rings (SSSR count). The van der Waals surface area contributed by atoms with Crippen molar-refractivity contribution >= 4 is 34.1 Å². The molecular weight excluding hydrogens is 292 g/mol. The quantitative estimate of drug-likeness (QED) is 0.513. The number of aromatic nitrogens is 2. The van der Waals surface area contributed by atoms with Crippen LogP contribution >= 0.6 is 23.1 Å². The molecule has 2 N–H and O–H groups in total. The fraction of sp³-hybridized carbons (Fsp3) is 0.769. The average molecular weight is 316 g/mol. The van der Waals surface area contributed by atoms with Gasteiger partial charge in [-0.25, -0.2) is 0 Å². The zero-order valence-electron chi connectivity index (χ0n) is 12.4. The number of hydrogen-bond donors (Lipinski definition) is 2. The molecule has 0 aliphatic carbocycles. The van der Waals surface area contributed by atoms with Crippen LogP contribution in [0.4, 0.5) is 5.13 Å². The molecule has 0 saturated carbocycles. The van der Waals surface area contributed by atoms with Crippen LogP contribution in [0.5, 0.6) is 0 Å².